The Labute approximate surface area is 112 Å². The second kappa shape index (κ2) is 4.34. The van der Waals surface area contributed by atoms with Crippen molar-refractivity contribution in [3.63, 3.8) is 0 Å². The molecule has 0 aliphatic carbocycles. The van der Waals surface area contributed by atoms with Crippen LogP contribution in [0.3, 0.4) is 0 Å². The van der Waals surface area contributed by atoms with E-state index in [0.29, 0.717) is 11.0 Å². The maximum absolute atomic E-state index is 12.4. The van der Waals surface area contributed by atoms with E-state index in [9.17, 15) is 14.8 Å². The standard InChI is InChI=1S/C14H10NO5/c1-19-14(17)8-2-3-11-10(6-8)13(16)9-4-5-15(18)7-12(9)20-11/h2-7,18H,1H3/q+1. The van der Waals surface area contributed by atoms with E-state index in [1.54, 1.807) is 0 Å². The Bertz CT molecular complexity index is 897. The van der Waals surface area contributed by atoms with Gasteiger partial charge in [-0.2, -0.15) is 0 Å². The van der Waals surface area contributed by atoms with Gasteiger partial charge < -0.3 is 9.15 Å². The number of ether oxygens (including phenoxy) is 1. The molecule has 0 unspecified atom stereocenters. The van der Waals surface area contributed by atoms with Gasteiger partial charge in [0, 0.05) is 10.8 Å². The van der Waals surface area contributed by atoms with Gasteiger partial charge in [-0.25, -0.2) is 4.79 Å². The summed E-state index contributed by atoms with van der Waals surface area (Å²) in [4.78, 5) is 23.8. The Kier molecular flexibility index (Phi) is 2.64. The summed E-state index contributed by atoms with van der Waals surface area (Å²) in [6.45, 7) is 0. The first kappa shape index (κ1) is 12.2. The lowest BCUT2D eigenvalue weighted by Crippen LogP contribution is -2.28. The summed E-state index contributed by atoms with van der Waals surface area (Å²) in [7, 11) is 1.27. The quantitative estimate of drug-likeness (QED) is 0.312. The molecule has 0 aliphatic rings. The summed E-state index contributed by atoms with van der Waals surface area (Å²) in [6, 6.07) is 5.92. The predicted octanol–water partition coefficient (Wildman–Crippen LogP) is 1.26. The van der Waals surface area contributed by atoms with Crippen LogP contribution in [-0.2, 0) is 4.74 Å². The van der Waals surface area contributed by atoms with E-state index in [2.05, 4.69) is 4.74 Å². The molecule has 0 amide bonds. The van der Waals surface area contributed by atoms with Crippen LogP contribution in [0.5, 0.6) is 0 Å². The van der Waals surface area contributed by atoms with Crippen LogP contribution in [0.2, 0.25) is 0 Å². The summed E-state index contributed by atoms with van der Waals surface area (Å²) >= 11 is 0. The van der Waals surface area contributed by atoms with Crippen LogP contribution < -0.4 is 10.2 Å². The summed E-state index contributed by atoms with van der Waals surface area (Å²) in [5, 5.41) is 9.95. The third-order valence-electron chi connectivity index (χ3n) is 3.02. The van der Waals surface area contributed by atoms with Crippen molar-refractivity contribution in [1.82, 2.24) is 0 Å². The zero-order chi connectivity index (χ0) is 14.3. The molecule has 1 aromatic carbocycles. The van der Waals surface area contributed by atoms with Gasteiger partial charge in [0.1, 0.15) is 5.58 Å². The van der Waals surface area contributed by atoms with Crippen molar-refractivity contribution in [2.45, 2.75) is 0 Å². The van der Waals surface area contributed by atoms with Crippen molar-refractivity contribution in [3.8, 4) is 0 Å². The number of rotatable bonds is 1. The first-order valence-electron chi connectivity index (χ1n) is 5.79. The number of hydrogen-bond donors (Lipinski definition) is 1. The Balaban J connectivity index is 2.38. The fraction of sp³-hybridized carbons (Fsp3) is 0.0714. The smallest absolute Gasteiger partial charge is 0.337 e. The number of benzene rings is 1. The molecule has 0 bridgehead atoms. The van der Waals surface area contributed by atoms with Crippen molar-refractivity contribution in [3.05, 3.63) is 52.4 Å². The molecule has 0 aliphatic heterocycles. The number of fused-ring (bicyclic) bond motifs is 2. The molecule has 3 aromatic rings. The number of carbonyl (C=O) groups is 1. The van der Waals surface area contributed by atoms with Crippen LogP contribution in [-0.4, -0.2) is 18.3 Å². The molecule has 100 valence electrons. The third-order valence-corrected chi connectivity index (χ3v) is 3.02. The Morgan fingerprint density at radius 1 is 1.25 bits per heavy atom. The minimum absolute atomic E-state index is 0.262. The molecule has 0 spiro atoms. The second-order valence-electron chi connectivity index (χ2n) is 4.24. The summed E-state index contributed by atoms with van der Waals surface area (Å²) < 4.78 is 11.0. The molecular formula is C14H10NO5+. The van der Waals surface area contributed by atoms with E-state index in [4.69, 9.17) is 4.42 Å². The van der Waals surface area contributed by atoms with Crippen LogP contribution >= 0.6 is 0 Å². The van der Waals surface area contributed by atoms with Crippen LogP contribution in [0.15, 0.2) is 45.9 Å². The Morgan fingerprint density at radius 3 is 2.80 bits per heavy atom. The second-order valence-corrected chi connectivity index (χ2v) is 4.24. The molecule has 1 N–H and O–H groups in total. The minimum atomic E-state index is -0.521. The maximum Gasteiger partial charge on any atom is 0.337 e. The summed E-state index contributed by atoms with van der Waals surface area (Å²) in [5.74, 6) is -0.521. The monoisotopic (exact) mass is 272 g/mol. The minimum Gasteiger partial charge on any atom is -0.465 e. The van der Waals surface area contributed by atoms with Crippen LogP contribution in [0.4, 0.5) is 0 Å². The first-order valence-corrected chi connectivity index (χ1v) is 5.79. The molecule has 2 aromatic heterocycles. The van der Waals surface area contributed by atoms with Gasteiger partial charge in [-0.1, -0.05) is 0 Å². The highest BCUT2D eigenvalue weighted by molar-refractivity contribution is 5.96. The van der Waals surface area contributed by atoms with Gasteiger partial charge >= 0.3 is 5.97 Å². The van der Waals surface area contributed by atoms with Gasteiger partial charge in [0.15, 0.2) is 0 Å². The number of methoxy groups -OCH3 is 1. The van der Waals surface area contributed by atoms with E-state index >= 15 is 0 Å². The molecular weight excluding hydrogens is 262 g/mol. The third kappa shape index (κ3) is 1.78. The van der Waals surface area contributed by atoms with E-state index < -0.39 is 5.97 Å². The molecule has 6 heteroatoms. The maximum atomic E-state index is 12.4. The molecule has 0 fully saturated rings. The van der Waals surface area contributed by atoms with E-state index in [0.717, 1.165) is 4.73 Å². The number of nitrogens with zero attached hydrogens (tertiary/aromatic N) is 1. The lowest BCUT2D eigenvalue weighted by atomic mass is 10.1. The van der Waals surface area contributed by atoms with Crippen molar-refractivity contribution in [2.75, 3.05) is 7.11 Å². The summed E-state index contributed by atoms with van der Waals surface area (Å²) in [6.07, 6.45) is 2.62. The van der Waals surface area contributed by atoms with Gasteiger partial charge in [0.25, 0.3) is 6.20 Å². The summed E-state index contributed by atoms with van der Waals surface area (Å²) in [5.41, 5.74) is 0.604. The number of pyridine rings is 1. The van der Waals surface area contributed by atoms with Crippen LogP contribution in [0.25, 0.3) is 21.9 Å². The number of hydrogen-bond acceptors (Lipinski definition) is 5. The fourth-order valence-electron chi connectivity index (χ4n) is 2.04. The molecule has 3 rings (SSSR count). The van der Waals surface area contributed by atoms with E-state index in [1.807, 2.05) is 0 Å². The van der Waals surface area contributed by atoms with Crippen molar-refractivity contribution in [1.29, 1.82) is 0 Å². The van der Waals surface area contributed by atoms with Crippen LogP contribution in [0.1, 0.15) is 10.4 Å². The highest BCUT2D eigenvalue weighted by Crippen LogP contribution is 2.18. The molecule has 0 atom stereocenters. The lowest BCUT2D eigenvalue weighted by Gasteiger charge is -2.02. The zero-order valence-corrected chi connectivity index (χ0v) is 10.5. The first-order chi connectivity index (χ1) is 9.60. The Morgan fingerprint density at radius 2 is 2.05 bits per heavy atom. The highest BCUT2D eigenvalue weighted by atomic mass is 16.5. The largest absolute Gasteiger partial charge is 0.465 e. The van der Waals surface area contributed by atoms with Gasteiger partial charge in [-0.3, -0.25) is 10.0 Å². The molecule has 20 heavy (non-hydrogen) atoms. The van der Waals surface area contributed by atoms with Crippen LogP contribution in [0, 0.1) is 0 Å². The topological polar surface area (TPSA) is 80.6 Å². The number of esters is 1. The molecule has 2 heterocycles. The molecule has 0 radical (unpaired) electrons. The van der Waals surface area contributed by atoms with Gasteiger partial charge in [0.05, 0.1) is 23.4 Å². The zero-order valence-electron chi connectivity index (χ0n) is 10.5. The lowest BCUT2D eigenvalue weighted by molar-refractivity contribution is -0.904. The predicted molar refractivity (Wildman–Crippen MR) is 68.7 cm³/mol. The Hall–Kier alpha value is -2.89. The SMILES string of the molecule is COC(=O)c1ccc2oc3c[n+](O)ccc3c(=O)c2c1. The number of aromatic nitrogens is 1. The van der Waals surface area contributed by atoms with Crippen molar-refractivity contribution >= 4 is 27.9 Å². The highest BCUT2D eigenvalue weighted by Gasteiger charge is 2.14. The number of carbonyl (C=O) groups excluding carboxylic acids is 1. The average molecular weight is 272 g/mol. The van der Waals surface area contributed by atoms with Gasteiger partial charge in [-0.05, 0) is 18.2 Å². The molecule has 0 saturated heterocycles. The average Bonchev–Trinajstić information content (AvgIpc) is 2.46. The normalized spacial score (nSPS) is 10.8. The molecule has 6 nitrogen and oxygen atoms in total. The van der Waals surface area contributed by atoms with E-state index in [1.165, 1.54) is 43.8 Å². The van der Waals surface area contributed by atoms with E-state index in [-0.39, 0.29) is 22.0 Å². The van der Waals surface area contributed by atoms with Crippen molar-refractivity contribution < 1.29 is 23.9 Å². The fourth-order valence-corrected chi connectivity index (χ4v) is 2.04. The molecule has 0 saturated carbocycles. The van der Waals surface area contributed by atoms with Gasteiger partial charge in [0.2, 0.25) is 17.2 Å². The van der Waals surface area contributed by atoms with Gasteiger partial charge in [-0.15, -0.1) is 0 Å². The van der Waals surface area contributed by atoms with Crippen molar-refractivity contribution in [2.24, 2.45) is 0 Å².